The van der Waals surface area contributed by atoms with E-state index in [1.807, 2.05) is 0 Å². The summed E-state index contributed by atoms with van der Waals surface area (Å²) in [7, 11) is 0. The monoisotopic (exact) mass is 152 g/mol. The van der Waals surface area contributed by atoms with Gasteiger partial charge in [-0.2, -0.15) is 8.78 Å². The van der Waals surface area contributed by atoms with Gasteiger partial charge >= 0.3 is 5.92 Å². The fraction of sp³-hybridized carbons (Fsp3) is 0.667. The van der Waals surface area contributed by atoms with Crippen LogP contribution in [0.1, 0.15) is 12.8 Å². The molecule has 1 atom stereocenters. The molecule has 0 aromatic heterocycles. The summed E-state index contributed by atoms with van der Waals surface area (Å²) < 4.78 is 37.0. The lowest BCUT2D eigenvalue weighted by Crippen LogP contribution is -2.44. The Morgan fingerprint density at radius 2 is 1.90 bits per heavy atom. The normalized spacial score (nSPS) is 38.0. The summed E-state index contributed by atoms with van der Waals surface area (Å²) in [4.78, 5) is 0. The molecule has 4 heteroatoms. The smallest absolute Gasteiger partial charge is 0.309 e. The van der Waals surface area contributed by atoms with Crippen LogP contribution in [0, 0.1) is 0 Å². The zero-order valence-corrected chi connectivity index (χ0v) is 5.15. The number of hydrogen-bond donors (Lipinski definition) is 1. The van der Waals surface area contributed by atoms with Crippen molar-refractivity contribution in [2.45, 2.75) is 24.6 Å². The van der Waals surface area contributed by atoms with E-state index >= 15 is 0 Å². The van der Waals surface area contributed by atoms with Crippen LogP contribution in [0.15, 0.2) is 12.2 Å². The second-order valence-corrected chi connectivity index (χ2v) is 2.32. The van der Waals surface area contributed by atoms with Gasteiger partial charge in [-0.1, -0.05) is 6.08 Å². The molecule has 1 aliphatic rings. The number of allylic oxidation sites excluding steroid dienone is 1. The third-order valence-electron chi connectivity index (χ3n) is 1.48. The second kappa shape index (κ2) is 1.99. The highest BCUT2D eigenvalue weighted by Gasteiger charge is 2.52. The summed E-state index contributed by atoms with van der Waals surface area (Å²) >= 11 is 0. The van der Waals surface area contributed by atoms with Crippen LogP contribution >= 0.6 is 0 Å². The van der Waals surface area contributed by atoms with E-state index in [4.69, 9.17) is 5.11 Å². The van der Waals surface area contributed by atoms with Gasteiger partial charge in [0.25, 0.3) is 5.85 Å². The Hall–Kier alpha value is -0.510. The Bertz CT molecular complexity index is 162. The molecule has 0 aromatic carbocycles. The van der Waals surface area contributed by atoms with E-state index in [1.54, 1.807) is 0 Å². The molecule has 0 saturated heterocycles. The van der Waals surface area contributed by atoms with E-state index in [0.717, 1.165) is 0 Å². The molecule has 1 aliphatic carbocycles. The molecule has 0 radical (unpaired) electrons. The maximum absolute atomic E-state index is 12.4. The molecule has 1 unspecified atom stereocenters. The van der Waals surface area contributed by atoms with Gasteiger partial charge in [-0.3, -0.25) is 0 Å². The van der Waals surface area contributed by atoms with Crippen molar-refractivity contribution in [3.05, 3.63) is 12.2 Å². The summed E-state index contributed by atoms with van der Waals surface area (Å²) in [5, 5.41) is 8.40. The van der Waals surface area contributed by atoms with Crippen LogP contribution in [-0.2, 0) is 0 Å². The van der Waals surface area contributed by atoms with Crippen LogP contribution in [0.5, 0.6) is 0 Å². The Morgan fingerprint density at radius 3 is 2.20 bits per heavy atom. The predicted molar refractivity (Wildman–Crippen MR) is 29.4 cm³/mol. The van der Waals surface area contributed by atoms with E-state index in [9.17, 15) is 13.2 Å². The van der Waals surface area contributed by atoms with Crippen molar-refractivity contribution in [1.82, 2.24) is 0 Å². The molecule has 1 N–H and O–H groups in total. The van der Waals surface area contributed by atoms with Gasteiger partial charge in [0.2, 0.25) is 0 Å². The molecule has 58 valence electrons. The first-order chi connectivity index (χ1) is 4.46. The molecular formula is C6H7F3O. The Balaban J connectivity index is 2.87. The van der Waals surface area contributed by atoms with Gasteiger partial charge in [0, 0.05) is 6.42 Å². The van der Waals surface area contributed by atoms with Crippen molar-refractivity contribution in [3.8, 4) is 0 Å². The molecule has 0 saturated carbocycles. The van der Waals surface area contributed by atoms with Crippen molar-refractivity contribution in [2.24, 2.45) is 0 Å². The van der Waals surface area contributed by atoms with E-state index in [0.29, 0.717) is 6.08 Å². The minimum absolute atomic E-state index is 0.110. The van der Waals surface area contributed by atoms with Gasteiger partial charge in [-0.05, 0) is 12.5 Å². The summed E-state index contributed by atoms with van der Waals surface area (Å²) in [6.07, 6.45) is 1.18. The fourth-order valence-corrected chi connectivity index (χ4v) is 0.801. The maximum Gasteiger partial charge on any atom is 0.309 e. The lowest BCUT2D eigenvalue weighted by Gasteiger charge is -2.28. The second-order valence-electron chi connectivity index (χ2n) is 2.32. The number of alkyl halides is 3. The molecule has 1 nitrogen and oxygen atoms in total. The van der Waals surface area contributed by atoms with Crippen molar-refractivity contribution >= 4 is 0 Å². The molecular weight excluding hydrogens is 145 g/mol. The number of halogens is 3. The SMILES string of the molecule is OC1(F)C=CCCC1(F)F. The Kier molecular flexibility index (Phi) is 1.51. The summed E-state index contributed by atoms with van der Waals surface area (Å²) in [5.74, 6) is -7.06. The molecule has 0 spiro atoms. The van der Waals surface area contributed by atoms with Gasteiger partial charge in [0.1, 0.15) is 0 Å². The largest absolute Gasteiger partial charge is 0.354 e. The van der Waals surface area contributed by atoms with Crippen molar-refractivity contribution in [1.29, 1.82) is 0 Å². The molecule has 0 bridgehead atoms. The van der Waals surface area contributed by atoms with Crippen LogP contribution in [-0.4, -0.2) is 16.9 Å². The van der Waals surface area contributed by atoms with Crippen LogP contribution in [0.3, 0.4) is 0 Å². The number of aliphatic hydroxyl groups is 1. The standard InChI is InChI=1S/C6H7F3O/c7-5(8)3-1-2-4-6(5,9)10/h2,4,10H,1,3H2. The van der Waals surface area contributed by atoms with Gasteiger partial charge in [-0.15, -0.1) is 0 Å². The Labute approximate surface area is 56.2 Å². The van der Waals surface area contributed by atoms with E-state index < -0.39 is 18.2 Å². The quantitative estimate of drug-likeness (QED) is 0.523. The third-order valence-corrected chi connectivity index (χ3v) is 1.48. The molecule has 0 aliphatic heterocycles. The number of hydrogen-bond acceptors (Lipinski definition) is 1. The zero-order valence-electron chi connectivity index (χ0n) is 5.15. The highest BCUT2D eigenvalue weighted by Crippen LogP contribution is 2.38. The average Bonchev–Trinajstić information content (AvgIpc) is 1.77. The van der Waals surface area contributed by atoms with Gasteiger partial charge in [-0.25, -0.2) is 4.39 Å². The van der Waals surface area contributed by atoms with Gasteiger partial charge in [0.15, 0.2) is 0 Å². The minimum atomic E-state index is -3.62. The summed E-state index contributed by atoms with van der Waals surface area (Å²) in [6.45, 7) is 0. The molecule has 0 aromatic rings. The molecule has 10 heavy (non-hydrogen) atoms. The fourth-order valence-electron chi connectivity index (χ4n) is 0.801. The van der Waals surface area contributed by atoms with Gasteiger partial charge in [0.05, 0.1) is 0 Å². The molecule has 0 fully saturated rings. The average molecular weight is 152 g/mol. The van der Waals surface area contributed by atoms with E-state index in [2.05, 4.69) is 0 Å². The topological polar surface area (TPSA) is 20.2 Å². The lowest BCUT2D eigenvalue weighted by atomic mass is 9.99. The Morgan fingerprint density at radius 1 is 1.30 bits per heavy atom. The lowest BCUT2D eigenvalue weighted by molar-refractivity contribution is -0.228. The van der Waals surface area contributed by atoms with Crippen LogP contribution < -0.4 is 0 Å². The van der Waals surface area contributed by atoms with E-state index in [-0.39, 0.29) is 6.42 Å². The minimum Gasteiger partial charge on any atom is -0.354 e. The zero-order chi connectivity index (χ0) is 7.83. The first-order valence-electron chi connectivity index (χ1n) is 2.92. The first kappa shape index (κ1) is 7.60. The van der Waals surface area contributed by atoms with Gasteiger partial charge < -0.3 is 5.11 Å². The molecule has 1 rings (SSSR count). The van der Waals surface area contributed by atoms with E-state index in [1.165, 1.54) is 6.08 Å². The summed E-state index contributed by atoms with van der Waals surface area (Å²) in [5.41, 5.74) is 0. The van der Waals surface area contributed by atoms with Crippen molar-refractivity contribution < 1.29 is 18.3 Å². The van der Waals surface area contributed by atoms with Crippen molar-refractivity contribution in [2.75, 3.05) is 0 Å². The highest BCUT2D eigenvalue weighted by atomic mass is 19.3. The highest BCUT2D eigenvalue weighted by molar-refractivity contribution is 5.07. The first-order valence-corrected chi connectivity index (χ1v) is 2.92. The van der Waals surface area contributed by atoms with Crippen LogP contribution in [0.25, 0.3) is 0 Å². The third kappa shape index (κ3) is 1.03. The molecule has 0 amide bonds. The number of rotatable bonds is 0. The van der Waals surface area contributed by atoms with Crippen LogP contribution in [0.4, 0.5) is 13.2 Å². The maximum atomic E-state index is 12.4. The van der Waals surface area contributed by atoms with Crippen molar-refractivity contribution in [3.63, 3.8) is 0 Å². The molecule has 0 heterocycles. The predicted octanol–water partition coefficient (Wildman–Crippen LogP) is 1.63. The van der Waals surface area contributed by atoms with Crippen LogP contribution in [0.2, 0.25) is 0 Å². The summed E-state index contributed by atoms with van der Waals surface area (Å²) in [6, 6.07) is 0.